The van der Waals surface area contributed by atoms with E-state index in [4.69, 9.17) is 4.74 Å². The van der Waals surface area contributed by atoms with Gasteiger partial charge in [0.15, 0.2) is 11.5 Å². The topological polar surface area (TPSA) is 29.5 Å². The van der Waals surface area contributed by atoms with Gasteiger partial charge in [-0.3, -0.25) is 0 Å². The van der Waals surface area contributed by atoms with Crippen molar-refractivity contribution in [2.24, 2.45) is 0 Å². The maximum atomic E-state index is 9.36. The zero-order valence-corrected chi connectivity index (χ0v) is 10.4. The Bertz CT molecular complexity index is 282. The van der Waals surface area contributed by atoms with Crippen LogP contribution in [0.15, 0.2) is 18.2 Å². The van der Waals surface area contributed by atoms with Gasteiger partial charge in [-0.15, -0.1) is 0 Å². The summed E-state index contributed by atoms with van der Waals surface area (Å²) in [6, 6.07) is 5.51. The van der Waals surface area contributed by atoms with Crippen LogP contribution in [-0.2, 0) is 0 Å². The number of phenolic OH excluding ortho intramolecular Hbond substituents is 1. The van der Waals surface area contributed by atoms with E-state index < -0.39 is 0 Å². The summed E-state index contributed by atoms with van der Waals surface area (Å²) in [6.07, 6.45) is 1.09. The normalized spacial score (nSPS) is 11.3. The summed E-state index contributed by atoms with van der Waals surface area (Å²) in [5.74, 6) is 1.27. The highest BCUT2D eigenvalue weighted by Gasteiger charge is 2.06. The molecule has 0 radical (unpaired) electrons. The maximum absolute atomic E-state index is 9.36. The molecule has 1 unspecified atom stereocenters. The molecule has 0 amide bonds. The average molecular weight is 210 g/mol. The zero-order valence-electron chi connectivity index (χ0n) is 10.4. The molecule has 1 N–H and O–H groups in total. The second-order valence-electron chi connectivity index (χ2n) is 3.24. The van der Waals surface area contributed by atoms with Crippen molar-refractivity contribution >= 4 is 0 Å². The molecule has 0 spiro atoms. The number of ether oxygens (including phenoxy) is 1. The number of hydrogen-bond acceptors (Lipinski definition) is 2. The molecule has 1 aromatic carbocycles. The highest BCUT2D eigenvalue weighted by molar-refractivity contribution is 5.42. The Morgan fingerprint density at radius 1 is 1.33 bits per heavy atom. The van der Waals surface area contributed by atoms with Crippen molar-refractivity contribution in [3.8, 4) is 11.5 Å². The molecule has 1 rings (SSSR count). The average Bonchev–Trinajstić information content (AvgIpc) is 2.31. The Kier molecular flexibility index (Phi) is 6.59. The summed E-state index contributed by atoms with van der Waals surface area (Å²) in [5, 5.41) is 9.36. The fraction of sp³-hybridized carbons (Fsp3) is 0.538. The highest BCUT2D eigenvalue weighted by Crippen LogP contribution is 2.30. The van der Waals surface area contributed by atoms with Crippen LogP contribution in [0.2, 0.25) is 0 Å². The molecule has 1 aromatic rings. The van der Waals surface area contributed by atoms with Gasteiger partial charge in [0.25, 0.3) is 0 Å². The van der Waals surface area contributed by atoms with Crippen molar-refractivity contribution < 1.29 is 9.84 Å². The van der Waals surface area contributed by atoms with Crippen LogP contribution < -0.4 is 4.74 Å². The third-order valence-corrected chi connectivity index (χ3v) is 2.39. The minimum Gasteiger partial charge on any atom is -0.504 e. The third kappa shape index (κ3) is 3.82. The van der Waals surface area contributed by atoms with E-state index in [1.165, 1.54) is 5.56 Å². The first-order chi connectivity index (χ1) is 7.19. The van der Waals surface area contributed by atoms with Crippen LogP contribution in [0, 0.1) is 0 Å². The Morgan fingerprint density at radius 3 is 2.40 bits per heavy atom. The van der Waals surface area contributed by atoms with Gasteiger partial charge in [0.1, 0.15) is 0 Å². The molecule has 0 aliphatic heterocycles. The molecule has 1 atom stereocenters. The molecule has 0 fully saturated rings. The molecule has 15 heavy (non-hydrogen) atoms. The first-order valence-electron chi connectivity index (χ1n) is 5.56. The van der Waals surface area contributed by atoms with E-state index >= 15 is 0 Å². The van der Waals surface area contributed by atoms with E-state index in [-0.39, 0.29) is 5.75 Å². The fourth-order valence-electron chi connectivity index (χ4n) is 1.24. The molecule has 86 valence electrons. The predicted molar refractivity (Wildman–Crippen MR) is 64.7 cm³/mol. The lowest BCUT2D eigenvalue weighted by molar-refractivity contribution is 0.372. The van der Waals surface area contributed by atoms with Gasteiger partial charge in [-0.1, -0.05) is 33.8 Å². The first kappa shape index (κ1) is 13.8. The van der Waals surface area contributed by atoms with Gasteiger partial charge in [0.2, 0.25) is 0 Å². The van der Waals surface area contributed by atoms with E-state index in [0.29, 0.717) is 11.7 Å². The van der Waals surface area contributed by atoms with Crippen molar-refractivity contribution in [2.75, 3.05) is 7.11 Å². The maximum Gasteiger partial charge on any atom is 0.160 e. The monoisotopic (exact) mass is 210 g/mol. The minimum absolute atomic E-state index is 0.203. The number of benzene rings is 1. The summed E-state index contributed by atoms with van der Waals surface area (Å²) in [7, 11) is 1.56. The third-order valence-electron chi connectivity index (χ3n) is 2.39. The predicted octanol–water partition coefficient (Wildman–Crippen LogP) is 3.94. The molecule has 0 saturated carbocycles. The van der Waals surface area contributed by atoms with Crippen molar-refractivity contribution in [1.29, 1.82) is 0 Å². The molecule has 0 aromatic heterocycles. The summed E-state index contributed by atoms with van der Waals surface area (Å²) in [6.45, 7) is 8.30. The smallest absolute Gasteiger partial charge is 0.160 e. The van der Waals surface area contributed by atoms with Gasteiger partial charge in [-0.05, 0) is 30.0 Å². The molecule has 2 nitrogen and oxygen atoms in total. The quantitative estimate of drug-likeness (QED) is 0.818. The molecule has 2 heteroatoms. The molecule has 0 aliphatic carbocycles. The van der Waals surface area contributed by atoms with Crippen molar-refractivity contribution in [3.05, 3.63) is 23.8 Å². The van der Waals surface area contributed by atoms with E-state index in [9.17, 15) is 5.11 Å². The molecule has 0 aliphatic rings. The van der Waals surface area contributed by atoms with Crippen LogP contribution in [0.4, 0.5) is 0 Å². The standard InChI is InChI=1S/C11H16O2.C2H6/c1-4-8(2)9-5-6-10(12)11(7-9)13-3;1-2/h5-8,12H,4H2,1-3H3;1-2H3. The fourth-order valence-corrected chi connectivity index (χ4v) is 1.24. The summed E-state index contributed by atoms with van der Waals surface area (Å²) >= 11 is 0. The lowest BCUT2D eigenvalue weighted by atomic mass is 9.98. The Hall–Kier alpha value is -1.18. The highest BCUT2D eigenvalue weighted by atomic mass is 16.5. The van der Waals surface area contributed by atoms with Crippen molar-refractivity contribution in [3.63, 3.8) is 0 Å². The van der Waals surface area contributed by atoms with Crippen LogP contribution in [0.1, 0.15) is 45.6 Å². The first-order valence-corrected chi connectivity index (χ1v) is 5.56. The van der Waals surface area contributed by atoms with E-state index in [2.05, 4.69) is 13.8 Å². The Morgan fingerprint density at radius 2 is 1.93 bits per heavy atom. The van der Waals surface area contributed by atoms with E-state index in [1.807, 2.05) is 26.0 Å². The van der Waals surface area contributed by atoms with Gasteiger partial charge < -0.3 is 9.84 Å². The van der Waals surface area contributed by atoms with Crippen LogP contribution in [0.5, 0.6) is 11.5 Å². The number of methoxy groups -OCH3 is 1. The van der Waals surface area contributed by atoms with Crippen LogP contribution in [0.25, 0.3) is 0 Å². The van der Waals surface area contributed by atoms with Gasteiger partial charge in [0, 0.05) is 0 Å². The van der Waals surface area contributed by atoms with Gasteiger partial charge in [-0.25, -0.2) is 0 Å². The van der Waals surface area contributed by atoms with E-state index in [0.717, 1.165) is 6.42 Å². The lowest BCUT2D eigenvalue weighted by Gasteiger charge is -2.11. The zero-order chi connectivity index (χ0) is 11.8. The summed E-state index contributed by atoms with van der Waals surface area (Å²) in [5.41, 5.74) is 1.21. The molecular weight excluding hydrogens is 188 g/mol. The second-order valence-corrected chi connectivity index (χ2v) is 3.24. The van der Waals surface area contributed by atoms with Crippen LogP contribution in [-0.4, -0.2) is 12.2 Å². The minimum atomic E-state index is 0.203. The van der Waals surface area contributed by atoms with Gasteiger partial charge in [0.05, 0.1) is 7.11 Å². The molecular formula is C13H22O2. The Labute approximate surface area is 92.9 Å². The molecule has 0 saturated heterocycles. The number of phenols is 1. The van der Waals surface area contributed by atoms with Crippen LogP contribution in [0.3, 0.4) is 0 Å². The number of hydrogen-bond donors (Lipinski definition) is 1. The summed E-state index contributed by atoms with van der Waals surface area (Å²) in [4.78, 5) is 0. The molecule has 0 bridgehead atoms. The second kappa shape index (κ2) is 7.16. The van der Waals surface area contributed by atoms with Gasteiger partial charge in [-0.2, -0.15) is 0 Å². The number of rotatable bonds is 3. The largest absolute Gasteiger partial charge is 0.504 e. The molecule has 0 heterocycles. The van der Waals surface area contributed by atoms with Crippen LogP contribution >= 0.6 is 0 Å². The van der Waals surface area contributed by atoms with E-state index in [1.54, 1.807) is 13.2 Å². The number of aromatic hydroxyl groups is 1. The SMILES string of the molecule is CC.CCC(C)c1ccc(O)c(OC)c1. The lowest BCUT2D eigenvalue weighted by Crippen LogP contribution is -1.92. The van der Waals surface area contributed by atoms with Crippen molar-refractivity contribution in [2.45, 2.75) is 40.0 Å². The van der Waals surface area contributed by atoms with Gasteiger partial charge >= 0.3 is 0 Å². The summed E-state index contributed by atoms with van der Waals surface area (Å²) < 4.78 is 5.03. The Balaban J connectivity index is 0.000000921. The van der Waals surface area contributed by atoms with Crippen molar-refractivity contribution in [1.82, 2.24) is 0 Å².